The molecule has 8 heteroatoms. The standard InChI is InChI=1S/C23H33N5O2S/c1-6-24-21(30)25-20(29)15(2)31-22-27-26-19(28(22)18-9-7-8-10-18)16-11-13-17(14-12-16)23(3,4)5/h11-15,18H,6-10H2,1-5H3,(H2,24,25,29,30). The fraction of sp³-hybridized carbons (Fsp3) is 0.565. The van der Waals surface area contributed by atoms with Gasteiger partial charge in [-0.2, -0.15) is 0 Å². The summed E-state index contributed by atoms with van der Waals surface area (Å²) in [5, 5.41) is 14.2. The van der Waals surface area contributed by atoms with Crippen LogP contribution in [-0.2, 0) is 10.2 Å². The molecule has 1 aromatic carbocycles. The second-order valence-electron chi connectivity index (χ2n) is 9.05. The van der Waals surface area contributed by atoms with Crippen LogP contribution in [0.15, 0.2) is 29.4 Å². The number of carbonyl (C=O) groups is 2. The molecule has 31 heavy (non-hydrogen) atoms. The lowest BCUT2D eigenvalue weighted by Gasteiger charge is -2.20. The molecule has 0 radical (unpaired) electrons. The Hall–Kier alpha value is -2.35. The molecule has 1 aliphatic carbocycles. The van der Waals surface area contributed by atoms with Gasteiger partial charge in [0.2, 0.25) is 5.91 Å². The largest absolute Gasteiger partial charge is 0.338 e. The van der Waals surface area contributed by atoms with Gasteiger partial charge in [-0.25, -0.2) is 4.79 Å². The van der Waals surface area contributed by atoms with Crippen molar-refractivity contribution in [3.63, 3.8) is 0 Å². The lowest BCUT2D eigenvalue weighted by atomic mass is 9.86. The third-order valence-corrected chi connectivity index (χ3v) is 6.65. The van der Waals surface area contributed by atoms with Gasteiger partial charge in [0.05, 0.1) is 5.25 Å². The van der Waals surface area contributed by atoms with Crippen LogP contribution in [0.5, 0.6) is 0 Å². The maximum Gasteiger partial charge on any atom is 0.321 e. The number of thioether (sulfide) groups is 1. The highest BCUT2D eigenvalue weighted by molar-refractivity contribution is 8.00. The topological polar surface area (TPSA) is 88.9 Å². The lowest BCUT2D eigenvalue weighted by Crippen LogP contribution is -2.42. The van der Waals surface area contributed by atoms with Gasteiger partial charge in [0.25, 0.3) is 0 Å². The Morgan fingerprint density at radius 3 is 2.39 bits per heavy atom. The zero-order chi connectivity index (χ0) is 22.6. The van der Waals surface area contributed by atoms with Crippen LogP contribution in [0.2, 0.25) is 0 Å². The number of carbonyl (C=O) groups excluding carboxylic acids is 2. The first-order valence-electron chi connectivity index (χ1n) is 11.0. The molecule has 1 unspecified atom stereocenters. The highest BCUT2D eigenvalue weighted by atomic mass is 32.2. The molecule has 3 rings (SSSR count). The molecule has 1 atom stereocenters. The van der Waals surface area contributed by atoms with Gasteiger partial charge >= 0.3 is 6.03 Å². The van der Waals surface area contributed by atoms with Crippen LogP contribution in [0.3, 0.4) is 0 Å². The van der Waals surface area contributed by atoms with Crippen molar-refractivity contribution >= 4 is 23.7 Å². The molecule has 1 aromatic heterocycles. The van der Waals surface area contributed by atoms with Crippen LogP contribution in [0.4, 0.5) is 4.79 Å². The highest BCUT2D eigenvalue weighted by Crippen LogP contribution is 2.38. The minimum atomic E-state index is -0.475. The summed E-state index contributed by atoms with van der Waals surface area (Å²) in [7, 11) is 0. The van der Waals surface area contributed by atoms with Gasteiger partial charge in [0, 0.05) is 18.2 Å². The Balaban J connectivity index is 1.86. The quantitative estimate of drug-likeness (QED) is 0.633. The van der Waals surface area contributed by atoms with Crippen LogP contribution in [0.1, 0.15) is 71.9 Å². The summed E-state index contributed by atoms with van der Waals surface area (Å²) in [4.78, 5) is 24.1. The number of nitrogens with one attached hydrogen (secondary N) is 2. The summed E-state index contributed by atoms with van der Waals surface area (Å²) >= 11 is 1.35. The molecule has 1 aliphatic rings. The molecule has 7 nitrogen and oxygen atoms in total. The number of aromatic nitrogens is 3. The minimum Gasteiger partial charge on any atom is -0.338 e. The third kappa shape index (κ3) is 5.67. The van der Waals surface area contributed by atoms with E-state index in [1.165, 1.54) is 30.2 Å². The first-order valence-corrected chi connectivity index (χ1v) is 11.9. The van der Waals surface area contributed by atoms with Crippen molar-refractivity contribution in [3.8, 4) is 11.4 Å². The van der Waals surface area contributed by atoms with E-state index in [0.29, 0.717) is 12.6 Å². The molecule has 168 valence electrons. The number of rotatable bonds is 6. The smallest absolute Gasteiger partial charge is 0.321 e. The Bertz CT molecular complexity index is 911. The monoisotopic (exact) mass is 443 g/mol. The van der Waals surface area contributed by atoms with Gasteiger partial charge in [-0.15, -0.1) is 10.2 Å². The normalized spacial score (nSPS) is 15.6. The minimum absolute atomic E-state index is 0.0888. The van der Waals surface area contributed by atoms with E-state index in [4.69, 9.17) is 0 Å². The number of benzene rings is 1. The van der Waals surface area contributed by atoms with E-state index >= 15 is 0 Å². The molecular weight excluding hydrogens is 410 g/mol. The molecule has 1 saturated carbocycles. The summed E-state index contributed by atoms with van der Waals surface area (Å²) in [6.45, 7) is 10.7. The Morgan fingerprint density at radius 2 is 1.81 bits per heavy atom. The predicted octanol–water partition coefficient (Wildman–Crippen LogP) is 4.68. The first-order chi connectivity index (χ1) is 14.7. The van der Waals surface area contributed by atoms with Gasteiger partial charge in [-0.3, -0.25) is 14.7 Å². The number of amides is 3. The zero-order valence-electron chi connectivity index (χ0n) is 19.1. The summed E-state index contributed by atoms with van der Waals surface area (Å²) in [6, 6.07) is 8.37. The summed E-state index contributed by atoms with van der Waals surface area (Å²) < 4.78 is 2.19. The molecule has 2 aromatic rings. The van der Waals surface area contributed by atoms with Crippen molar-refractivity contribution in [3.05, 3.63) is 29.8 Å². The van der Waals surface area contributed by atoms with Crippen LogP contribution >= 0.6 is 11.8 Å². The fourth-order valence-electron chi connectivity index (χ4n) is 3.80. The Kier molecular flexibility index (Phi) is 7.41. The molecule has 1 fully saturated rings. The second kappa shape index (κ2) is 9.85. The number of hydrogen-bond acceptors (Lipinski definition) is 5. The maximum atomic E-state index is 12.4. The summed E-state index contributed by atoms with van der Waals surface area (Å²) in [6.07, 6.45) is 4.53. The second-order valence-corrected chi connectivity index (χ2v) is 10.4. The van der Waals surface area contributed by atoms with E-state index in [1.54, 1.807) is 6.92 Å². The number of urea groups is 1. The predicted molar refractivity (Wildman–Crippen MR) is 124 cm³/mol. The molecule has 0 saturated heterocycles. The molecule has 0 spiro atoms. The number of imide groups is 1. The molecule has 0 aliphatic heterocycles. The fourth-order valence-corrected chi connectivity index (χ4v) is 4.71. The highest BCUT2D eigenvalue weighted by Gasteiger charge is 2.28. The third-order valence-electron chi connectivity index (χ3n) is 5.59. The van der Waals surface area contributed by atoms with Crippen molar-refractivity contribution in [2.75, 3.05) is 6.54 Å². The van der Waals surface area contributed by atoms with E-state index in [1.807, 2.05) is 6.92 Å². The summed E-state index contributed by atoms with van der Waals surface area (Å²) in [5.41, 5.74) is 2.39. The summed E-state index contributed by atoms with van der Waals surface area (Å²) in [5.74, 6) is 0.499. The molecule has 3 amide bonds. The molecule has 2 N–H and O–H groups in total. The Labute approximate surface area is 188 Å². The van der Waals surface area contributed by atoms with Crippen LogP contribution in [-0.4, -0.2) is 38.5 Å². The van der Waals surface area contributed by atoms with Crippen LogP contribution in [0.25, 0.3) is 11.4 Å². The van der Waals surface area contributed by atoms with Crippen molar-refractivity contribution in [1.82, 2.24) is 25.4 Å². The zero-order valence-corrected chi connectivity index (χ0v) is 19.9. The molecular formula is C23H33N5O2S. The van der Waals surface area contributed by atoms with Crippen molar-refractivity contribution in [2.24, 2.45) is 0 Å². The maximum absolute atomic E-state index is 12.4. The van der Waals surface area contributed by atoms with E-state index < -0.39 is 11.3 Å². The lowest BCUT2D eigenvalue weighted by molar-refractivity contribution is -0.119. The van der Waals surface area contributed by atoms with Crippen molar-refractivity contribution in [2.45, 2.75) is 82.2 Å². The van der Waals surface area contributed by atoms with Gasteiger partial charge in [0.15, 0.2) is 11.0 Å². The number of hydrogen-bond donors (Lipinski definition) is 2. The van der Waals surface area contributed by atoms with Crippen LogP contribution < -0.4 is 10.6 Å². The molecule has 1 heterocycles. The van der Waals surface area contributed by atoms with E-state index in [2.05, 4.69) is 70.4 Å². The van der Waals surface area contributed by atoms with E-state index in [0.717, 1.165) is 29.4 Å². The van der Waals surface area contributed by atoms with Crippen molar-refractivity contribution in [1.29, 1.82) is 0 Å². The van der Waals surface area contributed by atoms with Gasteiger partial charge in [-0.1, -0.05) is 69.6 Å². The average Bonchev–Trinajstić information content (AvgIpc) is 3.37. The van der Waals surface area contributed by atoms with Gasteiger partial charge in [-0.05, 0) is 37.7 Å². The van der Waals surface area contributed by atoms with Crippen LogP contribution in [0, 0.1) is 0 Å². The first kappa shape index (κ1) is 23.3. The SMILES string of the molecule is CCNC(=O)NC(=O)C(C)Sc1nnc(-c2ccc(C(C)(C)C)cc2)n1C1CCCC1. The molecule has 0 bridgehead atoms. The van der Waals surface area contributed by atoms with E-state index in [-0.39, 0.29) is 11.3 Å². The van der Waals surface area contributed by atoms with E-state index in [9.17, 15) is 9.59 Å². The van der Waals surface area contributed by atoms with Gasteiger partial charge in [0.1, 0.15) is 0 Å². The van der Waals surface area contributed by atoms with Crippen molar-refractivity contribution < 1.29 is 9.59 Å². The average molecular weight is 444 g/mol. The Morgan fingerprint density at radius 1 is 1.16 bits per heavy atom. The number of nitrogens with zero attached hydrogens (tertiary/aromatic N) is 3. The van der Waals surface area contributed by atoms with Gasteiger partial charge < -0.3 is 5.32 Å².